The molecule has 0 aromatic heterocycles. The number of rotatable bonds is 8. The summed E-state index contributed by atoms with van der Waals surface area (Å²) >= 11 is 7.33. The van der Waals surface area contributed by atoms with Crippen LogP contribution in [0.15, 0.2) is 36.4 Å². The number of anilines is 2. The highest BCUT2D eigenvalue weighted by molar-refractivity contribution is 8.00. The number of nitrogens with one attached hydrogen (secondary N) is 2. The van der Waals surface area contributed by atoms with E-state index in [9.17, 15) is 9.59 Å². The normalized spacial score (nSPS) is 10.6. The summed E-state index contributed by atoms with van der Waals surface area (Å²) in [5.74, 6) is 0.816. The van der Waals surface area contributed by atoms with E-state index in [1.807, 2.05) is 31.2 Å². The van der Waals surface area contributed by atoms with Gasteiger partial charge >= 0.3 is 0 Å². The van der Waals surface area contributed by atoms with E-state index in [0.717, 1.165) is 16.8 Å². The monoisotopic (exact) mass is 420 g/mol. The second kappa shape index (κ2) is 10.4. The van der Waals surface area contributed by atoms with E-state index < -0.39 is 0 Å². The van der Waals surface area contributed by atoms with Crippen LogP contribution in [0.25, 0.3) is 0 Å². The number of ether oxygens (including phenoxy) is 1. The fraction of sp³-hybridized carbons (Fsp3) is 0.333. The first-order valence-corrected chi connectivity index (χ1v) is 10.5. The van der Waals surface area contributed by atoms with Gasteiger partial charge in [0.05, 0.1) is 24.3 Å². The molecule has 28 heavy (non-hydrogen) atoms. The fourth-order valence-electron chi connectivity index (χ4n) is 2.65. The molecular weight excluding hydrogens is 396 g/mol. The van der Waals surface area contributed by atoms with Crippen LogP contribution in [0, 0.1) is 6.92 Å². The van der Waals surface area contributed by atoms with Crippen molar-refractivity contribution >= 4 is 46.6 Å². The molecule has 0 atom stereocenters. The molecule has 0 aliphatic heterocycles. The minimum Gasteiger partial charge on any atom is -0.495 e. The zero-order valence-electron chi connectivity index (χ0n) is 16.5. The molecule has 0 aliphatic carbocycles. The number of carbonyl (C=O) groups excluding carboxylic acids is 2. The van der Waals surface area contributed by atoms with Crippen molar-refractivity contribution in [3.63, 3.8) is 0 Å². The van der Waals surface area contributed by atoms with Crippen molar-refractivity contribution in [2.24, 2.45) is 0 Å². The number of hydrogen-bond acceptors (Lipinski definition) is 4. The summed E-state index contributed by atoms with van der Waals surface area (Å²) in [6, 6.07) is 11.2. The number of para-hydroxylation sites is 1. The molecular formula is C21H25ClN2O3S. The topological polar surface area (TPSA) is 67.4 Å². The zero-order valence-corrected chi connectivity index (χ0v) is 18.0. The average Bonchev–Trinajstić information content (AvgIpc) is 2.64. The second-order valence-electron chi connectivity index (χ2n) is 6.63. The standard InChI is InChI=1S/C21H25ClN2O3S/c1-13(2)15-7-5-6-8-17(15)23-20(25)11-28-12-21(26)24-18-9-14(3)16(22)10-19(18)27-4/h5-10,13H,11-12H2,1-4H3,(H,23,25)(H,24,26). The molecule has 2 amide bonds. The number of thioether (sulfide) groups is 1. The zero-order chi connectivity index (χ0) is 20.7. The van der Waals surface area contributed by atoms with Gasteiger partial charge in [0.2, 0.25) is 11.8 Å². The van der Waals surface area contributed by atoms with Crippen LogP contribution in [-0.2, 0) is 9.59 Å². The summed E-state index contributed by atoms with van der Waals surface area (Å²) in [5, 5.41) is 6.29. The Kier molecular flexibility index (Phi) is 8.20. The summed E-state index contributed by atoms with van der Waals surface area (Å²) < 4.78 is 5.25. The molecule has 0 saturated heterocycles. The number of amides is 2. The van der Waals surface area contributed by atoms with E-state index in [0.29, 0.717) is 22.4 Å². The maximum atomic E-state index is 12.2. The Morgan fingerprint density at radius 3 is 2.29 bits per heavy atom. The minimum absolute atomic E-state index is 0.134. The molecule has 0 spiro atoms. The molecule has 7 heteroatoms. The van der Waals surface area contributed by atoms with Crippen molar-refractivity contribution in [2.45, 2.75) is 26.7 Å². The summed E-state index contributed by atoms with van der Waals surface area (Å²) in [6.07, 6.45) is 0. The quantitative estimate of drug-likeness (QED) is 0.624. The molecule has 0 fully saturated rings. The maximum absolute atomic E-state index is 12.2. The van der Waals surface area contributed by atoms with Crippen LogP contribution in [0.4, 0.5) is 11.4 Å². The third-order valence-electron chi connectivity index (χ3n) is 4.08. The van der Waals surface area contributed by atoms with E-state index in [1.54, 1.807) is 12.1 Å². The minimum atomic E-state index is -0.208. The Balaban J connectivity index is 1.86. The highest BCUT2D eigenvalue weighted by Crippen LogP contribution is 2.31. The van der Waals surface area contributed by atoms with Crippen molar-refractivity contribution in [3.8, 4) is 5.75 Å². The molecule has 2 aromatic rings. The average molecular weight is 421 g/mol. The van der Waals surface area contributed by atoms with Crippen molar-refractivity contribution in [3.05, 3.63) is 52.5 Å². The fourth-order valence-corrected chi connectivity index (χ4v) is 3.42. The van der Waals surface area contributed by atoms with Gasteiger partial charge in [0, 0.05) is 16.8 Å². The van der Waals surface area contributed by atoms with Crippen LogP contribution in [0.2, 0.25) is 5.02 Å². The Morgan fingerprint density at radius 2 is 1.68 bits per heavy atom. The van der Waals surface area contributed by atoms with Crippen molar-refractivity contribution < 1.29 is 14.3 Å². The number of carbonyl (C=O) groups is 2. The lowest BCUT2D eigenvalue weighted by molar-refractivity contribution is -0.114. The van der Waals surface area contributed by atoms with Gasteiger partial charge in [0.1, 0.15) is 5.75 Å². The van der Waals surface area contributed by atoms with Gasteiger partial charge in [-0.15, -0.1) is 11.8 Å². The number of hydrogen-bond donors (Lipinski definition) is 2. The lowest BCUT2D eigenvalue weighted by Gasteiger charge is -2.14. The summed E-state index contributed by atoms with van der Waals surface area (Å²) in [5.41, 5.74) is 3.30. The molecule has 150 valence electrons. The first-order chi connectivity index (χ1) is 13.3. The van der Waals surface area contributed by atoms with Gasteiger partial charge in [-0.05, 0) is 36.1 Å². The molecule has 0 unspecified atom stereocenters. The molecule has 0 heterocycles. The smallest absolute Gasteiger partial charge is 0.234 e. The molecule has 0 aliphatic rings. The third-order valence-corrected chi connectivity index (χ3v) is 5.42. The molecule has 2 aromatic carbocycles. The SMILES string of the molecule is COc1cc(Cl)c(C)cc1NC(=O)CSCC(=O)Nc1ccccc1C(C)C. The summed E-state index contributed by atoms with van der Waals surface area (Å²) in [7, 11) is 1.52. The Morgan fingerprint density at radius 1 is 1.07 bits per heavy atom. The third kappa shape index (κ3) is 6.17. The molecule has 0 radical (unpaired) electrons. The number of halogens is 1. The number of benzene rings is 2. The molecule has 5 nitrogen and oxygen atoms in total. The van der Waals surface area contributed by atoms with Crippen LogP contribution in [0.5, 0.6) is 5.75 Å². The lowest BCUT2D eigenvalue weighted by Crippen LogP contribution is -2.19. The molecule has 0 bridgehead atoms. The molecule has 2 N–H and O–H groups in total. The summed E-state index contributed by atoms with van der Waals surface area (Å²) in [4.78, 5) is 24.4. The van der Waals surface area contributed by atoms with Crippen LogP contribution in [0.3, 0.4) is 0 Å². The summed E-state index contributed by atoms with van der Waals surface area (Å²) in [6.45, 7) is 6.01. The van der Waals surface area contributed by atoms with E-state index >= 15 is 0 Å². The lowest BCUT2D eigenvalue weighted by atomic mass is 10.0. The van der Waals surface area contributed by atoms with Crippen molar-refractivity contribution in [2.75, 3.05) is 29.2 Å². The van der Waals surface area contributed by atoms with Crippen LogP contribution < -0.4 is 15.4 Å². The Hall–Kier alpha value is -2.18. The highest BCUT2D eigenvalue weighted by Gasteiger charge is 2.13. The first-order valence-electron chi connectivity index (χ1n) is 8.92. The van der Waals surface area contributed by atoms with Gasteiger partial charge in [-0.3, -0.25) is 9.59 Å². The molecule has 0 saturated carbocycles. The van der Waals surface area contributed by atoms with Gasteiger partial charge < -0.3 is 15.4 Å². The van der Waals surface area contributed by atoms with Crippen molar-refractivity contribution in [1.82, 2.24) is 0 Å². The number of methoxy groups -OCH3 is 1. The highest BCUT2D eigenvalue weighted by atomic mass is 35.5. The van der Waals surface area contributed by atoms with Gasteiger partial charge in [-0.2, -0.15) is 0 Å². The van der Waals surface area contributed by atoms with Crippen LogP contribution >= 0.6 is 23.4 Å². The second-order valence-corrected chi connectivity index (χ2v) is 8.03. The van der Waals surface area contributed by atoms with Gasteiger partial charge in [-0.1, -0.05) is 43.6 Å². The van der Waals surface area contributed by atoms with E-state index in [1.165, 1.54) is 18.9 Å². The van der Waals surface area contributed by atoms with Gasteiger partial charge in [-0.25, -0.2) is 0 Å². The first kappa shape index (κ1) is 22.1. The largest absolute Gasteiger partial charge is 0.495 e. The van der Waals surface area contributed by atoms with Crippen LogP contribution in [0.1, 0.15) is 30.9 Å². The molecule has 2 rings (SSSR count). The van der Waals surface area contributed by atoms with Gasteiger partial charge in [0.25, 0.3) is 0 Å². The van der Waals surface area contributed by atoms with Crippen molar-refractivity contribution in [1.29, 1.82) is 0 Å². The van der Waals surface area contributed by atoms with E-state index in [2.05, 4.69) is 24.5 Å². The predicted octanol–water partition coefficient (Wildman–Crippen LogP) is 5.09. The van der Waals surface area contributed by atoms with Gasteiger partial charge in [0.15, 0.2) is 0 Å². The maximum Gasteiger partial charge on any atom is 0.234 e. The number of aryl methyl sites for hydroxylation is 1. The predicted molar refractivity (Wildman–Crippen MR) is 118 cm³/mol. The Labute approximate surface area is 175 Å². The van der Waals surface area contributed by atoms with E-state index in [-0.39, 0.29) is 23.3 Å². The van der Waals surface area contributed by atoms with E-state index in [4.69, 9.17) is 16.3 Å². The van der Waals surface area contributed by atoms with Crippen LogP contribution in [-0.4, -0.2) is 30.4 Å². The Bertz CT molecular complexity index is 856.